The van der Waals surface area contributed by atoms with Crippen LogP contribution in [0.3, 0.4) is 0 Å². The molecule has 0 radical (unpaired) electrons. The summed E-state index contributed by atoms with van der Waals surface area (Å²) in [5, 5.41) is 0. The molecule has 0 fully saturated rings. The van der Waals surface area contributed by atoms with Gasteiger partial charge in [0.1, 0.15) is 11.5 Å². The largest absolute Gasteiger partial charge is 0.497 e. The predicted molar refractivity (Wildman–Crippen MR) is 112 cm³/mol. The van der Waals surface area contributed by atoms with Gasteiger partial charge >= 0.3 is 0 Å². The van der Waals surface area contributed by atoms with E-state index >= 15 is 0 Å². The third kappa shape index (κ3) is 5.26. The molecule has 0 aromatic heterocycles. The third-order valence-electron chi connectivity index (χ3n) is 5.79. The molecule has 0 heterocycles. The Kier molecular flexibility index (Phi) is 7.17. The van der Waals surface area contributed by atoms with Gasteiger partial charge in [-0.3, -0.25) is 0 Å². The lowest BCUT2D eigenvalue weighted by molar-refractivity contribution is 0.266. The first-order chi connectivity index (χ1) is 13.2. The smallest absolute Gasteiger partial charge is 0.122 e. The van der Waals surface area contributed by atoms with Gasteiger partial charge in [-0.15, -0.1) is 0 Å². The standard InChI is InChI=1S/C24H33NO2/c1-3-5-22(17-25)21-11-10-19-14-18(8-9-20(19)15-21)12-13-27-24-7-4-6-23(16-24)26-2/h4,6-7,10-11,15-16,18,22H,3,5,8-9,12-14,17,25H2,1-2H3. The van der Waals surface area contributed by atoms with E-state index in [4.69, 9.17) is 15.2 Å². The van der Waals surface area contributed by atoms with E-state index in [9.17, 15) is 0 Å². The van der Waals surface area contributed by atoms with Gasteiger partial charge in [-0.25, -0.2) is 0 Å². The molecule has 0 bridgehead atoms. The molecule has 0 spiro atoms. The second-order valence-corrected chi connectivity index (χ2v) is 7.67. The van der Waals surface area contributed by atoms with Gasteiger partial charge in [-0.2, -0.15) is 0 Å². The molecule has 3 heteroatoms. The van der Waals surface area contributed by atoms with Crippen LogP contribution in [0.15, 0.2) is 42.5 Å². The maximum atomic E-state index is 5.99. The van der Waals surface area contributed by atoms with Gasteiger partial charge in [0, 0.05) is 6.07 Å². The van der Waals surface area contributed by atoms with Crippen molar-refractivity contribution in [3.8, 4) is 11.5 Å². The van der Waals surface area contributed by atoms with Crippen LogP contribution in [0.4, 0.5) is 0 Å². The zero-order valence-electron chi connectivity index (χ0n) is 16.7. The topological polar surface area (TPSA) is 44.5 Å². The molecule has 1 aliphatic carbocycles. The summed E-state index contributed by atoms with van der Waals surface area (Å²) in [6.07, 6.45) is 7.06. The van der Waals surface area contributed by atoms with Crippen LogP contribution >= 0.6 is 0 Å². The quantitative estimate of drug-likeness (QED) is 0.670. The van der Waals surface area contributed by atoms with E-state index in [1.165, 1.54) is 42.4 Å². The minimum atomic E-state index is 0.509. The van der Waals surface area contributed by atoms with Crippen LogP contribution in [0.25, 0.3) is 0 Å². The van der Waals surface area contributed by atoms with E-state index in [0.717, 1.165) is 37.5 Å². The van der Waals surface area contributed by atoms with E-state index in [2.05, 4.69) is 25.1 Å². The predicted octanol–water partition coefficient (Wildman–Crippen LogP) is 5.11. The molecule has 0 saturated carbocycles. The van der Waals surface area contributed by atoms with Crippen molar-refractivity contribution in [1.82, 2.24) is 0 Å². The van der Waals surface area contributed by atoms with Gasteiger partial charge in [0.15, 0.2) is 0 Å². The number of methoxy groups -OCH3 is 1. The summed E-state index contributed by atoms with van der Waals surface area (Å²) in [4.78, 5) is 0. The van der Waals surface area contributed by atoms with Gasteiger partial charge in [-0.05, 0) is 79.3 Å². The summed E-state index contributed by atoms with van der Waals surface area (Å²) < 4.78 is 11.2. The summed E-state index contributed by atoms with van der Waals surface area (Å²) in [7, 11) is 1.68. The normalized spacial score (nSPS) is 17.2. The van der Waals surface area contributed by atoms with Gasteiger partial charge in [0.05, 0.1) is 13.7 Å². The van der Waals surface area contributed by atoms with Gasteiger partial charge in [0.25, 0.3) is 0 Å². The number of benzene rings is 2. The minimum absolute atomic E-state index is 0.509. The molecule has 27 heavy (non-hydrogen) atoms. The van der Waals surface area contributed by atoms with Crippen molar-refractivity contribution in [3.05, 3.63) is 59.2 Å². The van der Waals surface area contributed by atoms with E-state index in [-0.39, 0.29) is 0 Å². The van der Waals surface area contributed by atoms with E-state index < -0.39 is 0 Å². The minimum Gasteiger partial charge on any atom is -0.497 e. The number of nitrogens with two attached hydrogens (primary N) is 1. The van der Waals surface area contributed by atoms with Crippen LogP contribution in [-0.2, 0) is 12.8 Å². The number of fused-ring (bicyclic) bond motifs is 1. The highest BCUT2D eigenvalue weighted by molar-refractivity contribution is 5.36. The number of ether oxygens (including phenoxy) is 2. The monoisotopic (exact) mass is 367 g/mol. The van der Waals surface area contributed by atoms with Crippen LogP contribution in [0.2, 0.25) is 0 Å². The first kappa shape index (κ1) is 19.8. The van der Waals surface area contributed by atoms with Crippen LogP contribution in [-0.4, -0.2) is 20.3 Å². The molecule has 3 nitrogen and oxygen atoms in total. The van der Waals surface area contributed by atoms with Crippen molar-refractivity contribution < 1.29 is 9.47 Å². The maximum Gasteiger partial charge on any atom is 0.122 e. The lowest BCUT2D eigenvalue weighted by Gasteiger charge is -2.26. The van der Waals surface area contributed by atoms with Gasteiger partial charge < -0.3 is 15.2 Å². The lowest BCUT2D eigenvalue weighted by atomic mass is 9.80. The Labute approximate surface area is 163 Å². The molecule has 2 aromatic carbocycles. The summed E-state index contributed by atoms with van der Waals surface area (Å²) in [5.74, 6) is 2.94. The first-order valence-corrected chi connectivity index (χ1v) is 10.3. The zero-order chi connectivity index (χ0) is 19.1. The molecule has 2 atom stereocenters. The Balaban J connectivity index is 1.53. The molecule has 3 rings (SSSR count). The second kappa shape index (κ2) is 9.80. The highest BCUT2D eigenvalue weighted by Crippen LogP contribution is 2.31. The molecule has 1 aliphatic rings. The Morgan fingerprint density at radius 3 is 2.74 bits per heavy atom. The Morgan fingerprint density at radius 2 is 1.96 bits per heavy atom. The molecule has 2 aromatic rings. The summed E-state index contributed by atoms with van der Waals surface area (Å²) in [6, 6.07) is 14.9. The van der Waals surface area contributed by atoms with E-state index in [1.54, 1.807) is 7.11 Å². The third-order valence-corrected chi connectivity index (χ3v) is 5.79. The van der Waals surface area contributed by atoms with Crippen molar-refractivity contribution in [2.45, 2.75) is 51.4 Å². The van der Waals surface area contributed by atoms with E-state index in [0.29, 0.717) is 11.8 Å². The number of hydrogen-bond acceptors (Lipinski definition) is 3. The van der Waals surface area contributed by atoms with Gasteiger partial charge in [-0.1, -0.05) is 37.6 Å². The summed E-state index contributed by atoms with van der Waals surface area (Å²) in [6.45, 7) is 3.74. The average molecular weight is 368 g/mol. The number of rotatable bonds is 9. The second-order valence-electron chi connectivity index (χ2n) is 7.67. The van der Waals surface area contributed by atoms with E-state index in [1.807, 2.05) is 24.3 Å². The molecular weight excluding hydrogens is 334 g/mol. The lowest BCUT2D eigenvalue weighted by Crippen LogP contribution is -2.18. The van der Waals surface area contributed by atoms with Crippen LogP contribution in [0.1, 0.15) is 55.2 Å². The summed E-state index contributed by atoms with van der Waals surface area (Å²) >= 11 is 0. The van der Waals surface area contributed by atoms with Crippen molar-refractivity contribution in [1.29, 1.82) is 0 Å². The molecule has 0 aliphatic heterocycles. The highest BCUT2D eigenvalue weighted by Gasteiger charge is 2.20. The SMILES string of the molecule is CCCC(CN)c1ccc2c(c1)CCC(CCOc1cccc(OC)c1)C2. The Bertz CT molecular complexity index is 728. The molecule has 146 valence electrons. The number of hydrogen-bond donors (Lipinski definition) is 1. The Hall–Kier alpha value is -2.00. The molecular formula is C24H33NO2. The maximum absolute atomic E-state index is 5.99. The van der Waals surface area contributed by atoms with Crippen LogP contribution in [0, 0.1) is 5.92 Å². The summed E-state index contributed by atoms with van der Waals surface area (Å²) in [5.41, 5.74) is 10.5. The van der Waals surface area contributed by atoms with Crippen molar-refractivity contribution in [3.63, 3.8) is 0 Å². The molecule has 0 saturated heterocycles. The molecule has 0 amide bonds. The zero-order valence-corrected chi connectivity index (χ0v) is 16.7. The van der Waals surface area contributed by atoms with Crippen molar-refractivity contribution in [2.24, 2.45) is 11.7 Å². The fraction of sp³-hybridized carbons (Fsp3) is 0.500. The molecule has 2 N–H and O–H groups in total. The Morgan fingerprint density at radius 1 is 1.11 bits per heavy atom. The van der Waals surface area contributed by atoms with Crippen molar-refractivity contribution >= 4 is 0 Å². The fourth-order valence-corrected chi connectivity index (χ4v) is 4.15. The van der Waals surface area contributed by atoms with Crippen LogP contribution in [0.5, 0.6) is 11.5 Å². The highest BCUT2D eigenvalue weighted by atomic mass is 16.5. The van der Waals surface area contributed by atoms with Crippen molar-refractivity contribution in [2.75, 3.05) is 20.3 Å². The number of aryl methyl sites for hydroxylation is 1. The molecule has 2 unspecified atom stereocenters. The fourth-order valence-electron chi connectivity index (χ4n) is 4.15. The van der Waals surface area contributed by atoms with Crippen LogP contribution < -0.4 is 15.2 Å². The van der Waals surface area contributed by atoms with Gasteiger partial charge in [0.2, 0.25) is 0 Å². The average Bonchev–Trinajstić information content (AvgIpc) is 2.72. The first-order valence-electron chi connectivity index (χ1n) is 10.3.